The van der Waals surface area contributed by atoms with E-state index in [4.69, 9.17) is 0 Å². The normalized spacial score (nSPS) is 16.5. The topological polar surface area (TPSA) is 41.1 Å². The summed E-state index contributed by atoms with van der Waals surface area (Å²) in [4.78, 5) is 11.7. The minimum Gasteiger partial charge on any atom is -0.384 e. The average molecular weight is 300 g/mol. The number of carbonyl (C=O) groups excluding carboxylic acids is 1. The van der Waals surface area contributed by atoms with Crippen molar-refractivity contribution in [2.75, 3.05) is 11.9 Å². The Kier molecular flexibility index (Phi) is 5.09. The zero-order chi connectivity index (χ0) is 15.3. The molecule has 1 amide bonds. The molecule has 1 aromatic carbocycles. The summed E-state index contributed by atoms with van der Waals surface area (Å²) in [5, 5.41) is 4.16. The van der Waals surface area contributed by atoms with Crippen molar-refractivity contribution in [2.24, 2.45) is 5.92 Å². The zero-order valence-electron chi connectivity index (χ0n) is 11.7. The summed E-state index contributed by atoms with van der Waals surface area (Å²) in [7, 11) is 0. The highest BCUT2D eigenvalue weighted by atomic mass is 19.4. The Morgan fingerprint density at radius 1 is 1.14 bits per heavy atom. The van der Waals surface area contributed by atoms with Gasteiger partial charge >= 0.3 is 6.30 Å². The lowest BCUT2D eigenvalue weighted by Crippen LogP contribution is -2.37. The Morgan fingerprint density at radius 2 is 1.81 bits per heavy atom. The second-order valence-corrected chi connectivity index (χ2v) is 5.38. The van der Waals surface area contributed by atoms with E-state index in [1.165, 1.54) is 25.3 Å². The maximum absolute atomic E-state index is 12.2. The first-order chi connectivity index (χ1) is 9.96. The van der Waals surface area contributed by atoms with Crippen molar-refractivity contribution in [2.45, 2.75) is 38.4 Å². The van der Waals surface area contributed by atoms with Gasteiger partial charge in [0.15, 0.2) is 0 Å². The van der Waals surface area contributed by atoms with Crippen molar-refractivity contribution in [1.29, 1.82) is 0 Å². The quantitative estimate of drug-likeness (QED) is 0.827. The molecule has 0 unspecified atom stereocenters. The van der Waals surface area contributed by atoms with Crippen LogP contribution in [0.5, 0.6) is 0 Å². The molecule has 0 spiro atoms. The molecule has 6 heteroatoms. The Labute approximate surface area is 121 Å². The van der Waals surface area contributed by atoms with E-state index in [9.17, 15) is 18.0 Å². The molecule has 1 aliphatic rings. The van der Waals surface area contributed by atoms with Gasteiger partial charge in [-0.05, 0) is 30.9 Å². The van der Waals surface area contributed by atoms with Gasteiger partial charge in [0.05, 0.1) is 5.56 Å². The number of anilines is 1. The van der Waals surface area contributed by atoms with Gasteiger partial charge in [0.1, 0.15) is 0 Å². The molecule has 0 aliphatic heterocycles. The number of hydrogen-bond donors (Lipinski definition) is 2. The fourth-order valence-corrected chi connectivity index (χ4v) is 2.68. The van der Waals surface area contributed by atoms with Gasteiger partial charge in [-0.1, -0.05) is 31.4 Å². The molecule has 116 valence electrons. The second-order valence-electron chi connectivity index (χ2n) is 5.38. The van der Waals surface area contributed by atoms with Gasteiger partial charge in [0.2, 0.25) is 0 Å². The highest BCUT2D eigenvalue weighted by Crippen LogP contribution is 2.25. The molecule has 21 heavy (non-hydrogen) atoms. The monoisotopic (exact) mass is 300 g/mol. The van der Waals surface area contributed by atoms with E-state index >= 15 is 0 Å². The third-order valence-electron chi connectivity index (χ3n) is 3.73. The molecule has 0 aromatic heterocycles. The molecule has 0 heterocycles. The first-order valence-electron chi connectivity index (χ1n) is 7.18. The van der Waals surface area contributed by atoms with Crippen molar-refractivity contribution in [3.05, 3.63) is 29.8 Å². The van der Waals surface area contributed by atoms with Crippen LogP contribution in [0.1, 0.15) is 42.5 Å². The molecule has 0 saturated heterocycles. The molecule has 2 N–H and O–H groups in total. The molecule has 1 aromatic rings. The number of rotatable bonds is 4. The predicted octanol–water partition coefficient (Wildman–Crippen LogP) is 3.93. The Morgan fingerprint density at radius 3 is 2.48 bits per heavy atom. The number of amides is 1. The van der Waals surface area contributed by atoms with E-state index in [-0.39, 0.29) is 5.56 Å². The van der Waals surface area contributed by atoms with E-state index in [0.29, 0.717) is 18.2 Å². The molecule has 0 bridgehead atoms. The summed E-state index contributed by atoms with van der Waals surface area (Å²) in [6, 6.07) is 6.28. The molecule has 1 fully saturated rings. The maximum atomic E-state index is 12.2. The molecule has 1 saturated carbocycles. The molecule has 3 nitrogen and oxygen atoms in total. The lowest BCUT2D eigenvalue weighted by molar-refractivity contribution is -0.146. The summed E-state index contributed by atoms with van der Waals surface area (Å²) in [5.41, 5.74) is 0.468. The standard InChI is InChI=1S/C15H19F3N2O/c16-15(17,18)20-14(21)12-8-4-5-9-13(12)19-10-11-6-2-1-3-7-11/h4-5,8-9,11,19H,1-3,6-7,10H2,(H,20,21). The third-order valence-corrected chi connectivity index (χ3v) is 3.73. The number of para-hydroxylation sites is 1. The molecule has 1 aliphatic carbocycles. The van der Waals surface area contributed by atoms with Crippen LogP contribution >= 0.6 is 0 Å². The minimum absolute atomic E-state index is 0.0191. The van der Waals surface area contributed by atoms with Crippen LogP contribution < -0.4 is 10.6 Å². The number of halogens is 3. The first-order valence-corrected chi connectivity index (χ1v) is 7.18. The van der Waals surface area contributed by atoms with Gasteiger partial charge < -0.3 is 5.32 Å². The van der Waals surface area contributed by atoms with Gasteiger partial charge in [-0.2, -0.15) is 13.2 Å². The van der Waals surface area contributed by atoms with Crippen LogP contribution in [-0.4, -0.2) is 18.8 Å². The fourth-order valence-electron chi connectivity index (χ4n) is 2.68. The van der Waals surface area contributed by atoms with Crippen LogP contribution in [0, 0.1) is 5.92 Å². The molecule has 0 radical (unpaired) electrons. The van der Waals surface area contributed by atoms with Crippen LogP contribution in [0.2, 0.25) is 0 Å². The van der Waals surface area contributed by atoms with E-state index in [1.807, 2.05) is 0 Å². The van der Waals surface area contributed by atoms with E-state index in [1.54, 1.807) is 18.2 Å². The van der Waals surface area contributed by atoms with E-state index in [0.717, 1.165) is 18.2 Å². The highest BCUT2D eigenvalue weighted by Gasteiger charge is 2.31. The van der Waals surface area contributed by atoms with Crippen LogP contribution in [-0.2, 0) is 0 Å². The summed E-state index contributed by atoms with van der Waals surface area (Å²) in [6.07, 6.45) is 1.19. The summed E-state index contributed by atoms with van der Waals surface area (Å²) < 4.78 is 36.7. The summed E-state index contributed by atoms with van der Waals surface area (Å²) in [6.45, 7) is 0.691. The van der Waals surface area contributed by atoms with Crippen molar-refractivity contribution < 1.29 is 18.0 Å². The van der Waals surface area contributed by atoms with Crippen molar-refractivity contribution in [3.8, 4) is 0 Å². The second kappa shape index (κ2) is 6.83. The average Bonchev–Trinajstić information content (AvgIpc) is 2.45. The molecule has 0 atom stereocenters. The lowest BCUT2D eigenvalue weighted by atomic mass is 9.89. The Bertz CT molecular complexity index is 482. The predicted molar refractivity (Wildman–Crippen MR) is 75.0 cm³/mol. The van der Waals surface area contributed by atoms with Crippen molar-refractivity contribution in [1.82, 2.24) is 5.32 Å². The smallest absolute Gasteiger partial charge is 0.384 e. The number of alkyl halides is 3. The maximum Gasteiger partial charge on any atom is 0.484 e. The minimum atomic E-state index is -4.71. The summed E-state index contributed by atoms with van der Waals surface area (Å²) >= 11 is 0. The number of hydrogen-bond acceptors (Lipinski definition) is 2. The summed E-state index contributed by atoms with van der Waals surface area (Å²) in [5.74, 6) is -0.605. The van der Waals surface area contributed by atoms with Crippen LogP contribution in [0.4, 0.5) is 18.9 Å². The van der Waals surface area contributed by atoms with Crippen LogP contribution in [0.15, 0.2) is 24.3 Å². The van der Waals surface area contributed by atoms with Crippen molar-refractivity contribution in [3.63, 3.8) is 0 Å². The van der Waals surface area contributed by atoms with E-state index < -0.39 is 12.2 Å². The molecular weight excluding hydrogens is 281 g/mol. The highest BCUT2D eigenvalue weighted by molar-refractivity contribution is 5.99. The zero-order valence-corrected chi connectivity index (χ0v) is 11.7. The first kappa shape index (κ1) is 15.7. The van der Waals surface area contributed by atoms with E-state index in [2.05, 4.69) is 5.32 Å². The number of nitrogens with one attached hydrogen (secondary N) is 2. The van der Waals surface area contributed by atoms with Crippen LogP contribution in [0.3, 0.4) is 0 Å². The van der Waals surface area contributed by atoms with Gasteiger partial charge in [-0.3, -0.25) is 10.1 Å². The van der Waals surface area contributed by atoms with Gasteiger partial charge in [-0.25, -0.2) is 0 Å². The third kappa shape index (κ3) is 4.95. The van der Waals surface area contributed by atoms with Crippen molar-refractivity contribution >= 4 is 11.6 Å². The Hall–Kier alpha value is -1.72. The largest absolute Gasteiger partial charge is 0.484 e. The number of carbonyl (C=O) groups is 1. The van der Waals surface area contributed by atoms with Gasteiger partial charge in [-0.15, -0.1) is 0 Å². The fraction of sp³-hybridized carbons (Fsp3) is 0.533. The van der Waals surface area contributed by atoms with Gasteiger partial charge in [0, 0.05) is 12.2 Å². The lowest BCUT2D eigenvalue weighted by Gasteiger charge is -2.23. The number of benzene rings is 1. The van der Waals surface area contributed by atoms with Gasteiger partial charge in [0.25, 0.3) is 5.91 Å². The molecular formula is C15H19F3N2O. The molecule has 2 rings (SSSR count). The van der Waals surface area contributed by atoms with Crippen LogP contribution in [0.25, 0.3) is 0 Å². The Balaban J connectivity index is 2.00. The SMILES string of the molecule is O=C(NC(F)(F)F)c1ccccc1NCC1CCCCC1.